The van der Waals surface area contributed by atoms with Crippen LogP contribution < -0.4 is 4.90 Å². The molecule has 2 atom stereocenters. The Balaban J connectivity index is 1.44. The number of ether oxygens (including phenoxy) is 2. The topological polar surface area (TPSA) is 91.1 Å². The number of rotatable bonds is 6. The van der Waals surface area contributed by atoms with Gasteiger partial charge in [0, 0.05) is 37.0 Å². The number of nitrogens with zero attached hydrogens (tertiary/aromatic N) is 7. The molecule has 1 aliphatic carbocycles. The van der Waals surface area contributed by atoms with Gasteiger partial charge in [0.05, 0.1) is 30.2 Å². The summed E-state index contributed by atoms with van der Waals surface area (Å²) in [5.74, 6) is -0.493. The molecule has 37 heavy (non-hydrogen) atoms. The van der Waals surface area contributed by atoms with Crippen LogP contribution in [0.1, 0.15) is 35.9 Å². The Morgan fingerprint density at radius 3 is 2.62 bits per heavy atom. The van der Waals surface area contributed by atoms with E-state index in [0.717, 1.165) is 30.2 Å². The second-order valence-electron chi connectivity index (χ2n) is 9.70. The van der Waals surface area contributed by atoms with Crippen molar-refractivity contribution in [3.8, 4) is 11.3 Å². The molecule has 1 saturated heterocycles. The molecule has 1 saturated carbocycles. The van der Waals surface area contributed by atoms with Crippen LogP contribution in [0.5, 0.6) is 0 Å². The molecular weight excluding hydrogens is 480 g/mol. The van der Waals surface area contributed by atoms with E-state index in [2.05, 4.69) is 20.0 Å². The maximum Gasteiger partial charge on any atom is 0.228 e. The van der Waals surface area contributed by atoms with Crippen LogP contribution in [0.3, 0.4) is 0 Å². The third-order valence-corrected chi connectivity index (χ3v) is 6.96. The summed E-state index contributed by atoms with van der Waals surface area (Å²) in [7, 11) is 1.62. The normalized spacial score (nSPS) is 20.1. The number of anilines is 1. The summed E-state index contributed by atoms with van der Waals surface area (Å²) in [5, 5.41) is 4.37. The van der Waals surface area contributed by atoms with E-state index in [4.69, 9.17) is 19.4 Å². The molecule has 9 nitrogen and oxygen atoms in total. The number of methoxy groups -OCH3 is 1. The maximum atomic E-state index is 14.9. The van der Waals surface area contributed by atoms with Crippen LogP contribution in [0.15, 0.2) is 30.6 Å². The predicted molar refractivity (Wildman–Crippen MR) is 132 cm³/mol. The zero-order valence-corrected chi connectivity index (χ0v) is 20.9. The highest BCUT2D eigenvalue weighted by Gasteiger charge is 2.40. The summed E-state index contributed by atoms with van der Waals surface area (Å²) in [5.41, 5.74) is 3.53. The summed E-state index contributed by atoms with van der Waals surface area (Å²) >= 11 is 0. The summed E-state index contributed by atoms with van der Waals surface area (Å²) in [6.07, 6.45) is 5.68. The zero-order chi connectivity index (χ0) is 25.7. The van der Waals surface area contributed by atoms with Crippen LogP contribution in [0.25, 0.3) is 22.4 Å². The molecule has 4 heterocycles. The molecule has 0 N–H and O–H groups in total. The van der Waals surface area contributed by atoms with Crippen molar-refractivity contribution in [2.75, 3.05) is 25.1 Å². The van der Waals surface area contributed by atoms with Crippen molar-refractivity contribution >= 4 is 17.1 Å². The largest absolute Gasteiger partial charge is 0.366 e. The van der Waals surface area contributed by atoms with Gasteiger partial charge in [-0.05, 0) is 44.7 Å². The van der Waals surface area contributed by atoms with E-state index in [1.807, 2.05) is 20.0 Å². The smallest absolute Gasteiger partial charge is 0.228 e. The number of hydrogen-bond donors (Lipinski definition) is 0. The molecule has 192 valence electrons. The lowest BCUT2D eigenvalue weighted by Crippen LogP contribution is -2.45. The number of halogens is 2. The molecule has 2 aliphatic rings. The molecule has 11 heteroatoms. The van der Waals surface area contributed by atoms with E-state index in [1.54, 1.807) is 18.0 Å². The Bertz CT molecular complexity index is 1470. The van der Waals surface area contributed by atoms with E-state index >= 15 is 0 Å². The number of fused-ring (bicyclic) bond motifs is 1. The van der Waals surface area contributed by atoms with Gasteiger partial charge in [0.2, 0.25) is 5.95 Å². The minimum atomic E-state index is -0.716. The number of aromatic nitrogens is 6. The average molecular weight is 508 g/mol. The van der Waals surface area contributed by atoms with Gasteiger partial charge in [-0.1, -0.05) is 0 Å². The molecule has 0 radical (unpaired) electrons. The van der Waals surface area contributed by atoms with Crippen molar-refractivity contribution in [3.05, 3.63) is 59.2 Å². The molecule has 0 spiro atoms. The van der Waals surface area contributed by atoms with Crippen molar-refractivity contribution in [1.82, 2.24) is 29.7 Å². The van der Waals surface area contributed by atoms with Crippen LogP contribution in [0.2, 0.25) is 0 Å². The Morgan fingerprint density at radius 1 is 1.05 bits per heavy atom. The van der Waals surface area contributed by atoms with Crippen molar-refractivity contribution in [2.24, 2.45) is 5.92 Å². The quantitative estimate of drug-likeness (QED) is 0.385. The van der Waals surface area contributed by atoms with Gasteiger partial charge in [-0.3, -0.25) is 0 Å². The molecular formula is C26H27F2N7O2. The van der Waals surface area contributed by atoms with Crippen molar-refractivity contribution in [3.63, 3.8) is 0 Å². The minimum Gasteiger partial charge on any atom is -0.366 e. The Morgan fingerprint density at radius 2 is 1.86 bits per heavy atom. The first-order valence-corrected chi connectivity index (χ1v) is 12.3. The fourth-order valence-electron chi connectivity index (χ4n) is 4.72. The lowest BCUT2D eigenvalue weighted by Gasteiger charge is -2.38. The highest BCUT2D eigenvalue weighted by Crippen LogP contribution is 2.40. The molecule has 6 rings (SSSR count). The van der Waals surface area contributed by atoms with Crippen LogP contribution in [0, 0.1) is 31.4 Å². The average Bonchev–Trinajstić information content (AvgIpc) is 3.63. The van der Waals surface area contributed by atoms with Gasteiger partial charge in [0.15, 0.2) is 5.65 Å². The molecule has 1 aliphatic heterocycles. The van der Waals surface area contributed by atoms with Crippen LogP contribution >= 0.6 is 0 Å². The molecule has 3 aromatic heterocycles. The molecule has 0 unspecified atom stereocenters. The van der Waals surface area contributed by atoms with E-state index in [1.165, 1.54) is 12.1 Å². The zero-order valence-electron chi connectivity index (χ0n) is 20.9. The number of hydrogen-bond acceptors (Lipinski definition) is 8. The van der Waals surface area contributed by atoms with E-state index in [0.29, 0.717) is 48.5 Å². The van der Waals surface area contributed by atoms with Crippen LogP contribution in [-0.2, 0) is 16.2 Å². The summed E-state index contributed by atoms with van der Waals surface area (Å²) in [6, 6.07) is 3.45. The third-order valence-electron chi connectivity index (χ3n) is 6.96. The van der Waals surface area contributed by atoms with E-state index in [9.17, 15) is 8.78 Å². The van der Waals surface area contributed by atoms with Gasteiger partial charge in [0.1, 0.15) is 35.7 Å². The third kappa shape index (κ3) is 4.64. The number of morpholine rings is 1. The fourth-order valence-corrected chi connectivity index (χ4v) is 4.72. The highest BCUT2D eigenvalue weighted by molar-refractivity contribution is 5.88. The van der Waals surface area contributed by atoms with Crippen LogP contribution in [0.4, 0.5) is 14.7 Å². The van der Waals surface area contributed by atoms with Gasteiger partial charge in [-0.2, -0.15) is 10.1 Å². The van der Waals surface area contributed by atoms with Crippen LogP contribution in [-0.4, -0.2) is 56.0 Å². The molecule has 4 aromatic rings. The molecule has 0 amide bonds. The first kappa shape index (κ1) is 23.8. The second kappa shape index (κ2) is 9.38. The lowest BCUT2D eigenvalue weighted by molar-refractivity contribution is -0.0390. The first-order valence-electron chi connectivity index (χ1n) is 12.3. The van der Waals surface area contributed by atoms with Crippen molar-refractivity contribution < 1.29 is 18.3 Å². The molecule has 0 bridgehead atoms. The number of aryl methyl sites for hydroxylation is 2. The Hall–Kier alpha value is -3.57. The maximum absolute atomic E-state index is 14.9. The molecule has 2 fully saturated rings. The van der Waals surface area contributed by atoms with Gasteiger partial charge >= 0.3 is 0 Å². The highest BCUT2D eigenvalue weighted by atomic mass is 19.1. The van der Waals surface area contributed by atoms with E-state index < -0.39 is 11.6 Å². The van der Waals surface area contributed by atoms with Crippen molar-refractivity contribution in [1.29, 1.82) is 0 Å². The van der Waals surface area contributed by atoms with Gasteiger partial charge < -0.3 is 14.4 Å². The Labute approximate surface area is 212 Å². The van der Waals surface area contributed by atoms with Gasteiger partial charge in [-0.15, -0.1) is 0 Å². The SMILES string of the molecule is COCn1cc([C@H]2CN(c3nc(-c4ccc(F)cc4F)c4nc(C)c(C)nc4n3)C[C@@H](C3CC3)O2)cn1. The fraction of sp³-hybridized carbons (Fsp3) is 0.423. The molecule has 1 aromatic carbocycles. The monoisotopic (exact) mass is 507 g/mol. The summed E-state index contributed by atoms with van der Waals surface area (Å²) in [4.78, 5) is 20.9. The van der Waals surface area contributed by atoms with Gasteiger partial charge in [0.25, 0.3) is 0 Å². The predicted octanol–water partition coefficient (Wildman–Crippen LogP) is 4.14. The van der Waals surface area contributed by atoms with Gasteiger partial charge in [-0.25, -0.2) is 28.4 Å². The first-order chi connectivity index (χ1) is 17.9. The number of benzene rings is 1. The van der Waals surface area contributed by atoms with E-state index in [-0.39, 0.29) is 23.5 Å². The summed E-state index contributed by atoms with van der Waals surface area (Å²) in [6.45, 7) is 5.12. The summed E-state index contributed by atoms with van der Waals surface area (Å²) < 4.78 is 42.0. The lowest BCUT2D eigenvalue weighted by atomic mass is 10.1. The standard InChI is InChI=1S/C26H27F2N7O2/c1-14-15(2)31-25-24(30-14)23(19-7-6-18(27)8-20(19)28)32-26(33-25)34-11-21(16-4-5-16)37-22(12-34)17-9-29-35(10-17)13-36-3/h6-10,16,21-22H,4-5,11-13H2,1-3H3/t21-,22+/m0/s1. The minimum absolute atomic E-state index is 0.000618. The Kier molecular flexibility index (Phi) is 6.04. The van der Waals surface area contributed by atoms with Crippen molar-refractivity contribution in [2.45, 2.75) is 45.6 Å². The second-order valence-corrected chi connectivity index (χ2v) is 9.70.